The molecule has 9 heteroatoms. The van der Waals surface area contributed by atoms with Crippen molar-refractivity contribution in [2.24, 2.45) is 4.99 Å². The van der Waals surface area contributed by atoms with Crippen LogP contribution >= 0.6 is 38.6 Å². The van der Waals surface area contributed by atoms with E-state index in [1.165, 1.54) is 22.7 Å². The van der Waals surface area contributed by atoms with Crippen LogP contribution < -0.4 is 20.2 Å². The normalized spacial score (nSPS) is 16.2. The van der Waals surface area contributed by atoms with Crippen molar-refractivity contribution in [3.63, 3.8) is 0 Å². The largest absolute Gasteiger partial charge is 0.463 e. The molecule has 1 aliphatic rings. The molecule has 0 saturated heterocycles. The molecule has 0 unspecified atom stereocenters. The molecular weight excluding hydrogens is 486 g/mol. The van der Waals surface area contributed by atoms with Gasteiger partial charge in [0.25, 0.3) is 5.56 Å². The van der Waals surface area contributed by atoms with Gasteiger partial charge in [-0.05, 0) is 49.6 Å². The molecule has 1 aliphatic heterocycles. The molecule has 0 aliphatic carbocycles. The number of hydrogen-bond acceptors (Lipinski definition) is 7. The third-order valence-electron chi connectivity index (χ3n) is 4.54. The van der Waals surface area contributed by atoms with Crippen LogP contribution in [0.1, 0.15) is 24.8 Å². The first-order valence-corrected chi connectivity index (χ1v) is 11.7. The van der Waals surface area contributed by atoms with Crippen LogP contribution in [0.2, 0.25) is 0 Å². The first-order chi connectivity index (χ1) is 14.5. The fourth-order valence-electron chi connectivity index (χ4n) is 3.20. The lowest BCUT2D eigenvalue weighted by Gasteiger charge is -2.23. The zero-order valence-electron chi connectivity index (χ0n) is 16.2. The van der Waals surface area contributed by atoms with Crippen molar-refractivity contribution in [3.8, 4) is 0 Å². The molecule has 0 amide bonds. The van der Waals surface area contributed by atoms with Gasteiger partial charge in [-0.1, -0.05) is 33.3 Å². The third kappa shape index (κ3) is 3.92. The van der Waals surface area contributed by atoms with Crippen molar-refractivity contribution in [3.05, 3.63) is 82.1 Å². The van der Waals surface area contributed by atoms with Gasteiger partial charge in [-0.3, -0.25) is 9.36 Å². The summed E-state index contributed by atoms with van der Waals surface area (Å²) in [6.45, 7) is 3.80. The summed E-state index contributed by atoms with van der Waals surface area (Å²) in [5.74, 6) is -0.445. The quantitative estimate of drug-likeness (QED) is 0.539. The van der Waals surface area contributed by atoms with Crippen LogP contribution in [0.4, 0.5) is 5.69 Å². The van der Waals surface area contributed by atoms with E-state index in [-0.39, 0.29) is 12.2 Å². The van der Waals surface area contributed by atoms with E-state index in [4.69, 9.17) is 4.74 Å². The molecular formula is C21H18BrN3O3S2. The monoisotopic (exact) mass is 503 g/mol. The number of thiazole rings is 1. The Kier molecular flexibility index (Phi) is 6.03. The summed E-state index contributed by atoms with van der Waals surface area (Å²) >= 11 is 6.19. The summed E-state index contributed by atoms with van der Waals surface area (Å²) in [5.41, 5.74) is 1.64. The average molecular weight is 504 g/mol. The second-order valence-electron chi connectivity index (χ2n) is 6.47. The molecule has 0 radical (unpaired) electrons. The van der Waals surface area contributed by atoms with Crippen LogP contribution in [-0.2, 0) is 9.53 Å². The molecule has 0 fully saturated rings. The number of aromatic nitrogens is 1. The predicted octanol–water partition coefficient (Wildman–Crippen LogP) is 3.64. The van der Waals surface area contributed by atoms with Gasteiger partial charge >= 0.3 is 5.97 Å². The highest BCUT2D eigenvalue weighted by molar-refractivity contribution is 9.10. The maximum Gasteiger partial charge on any atom is 0.338 e. The van der Waals surface area contributed by atoms with Gasteiger partial charge in [-0.25, -0.2) is 9.79 Å². The molecule has 6 nitrogen and oxygen atoms in total. The molecule has 1 atom stereocenters. The van der Waals surface area contributed by atoms with Crippen molar-refractivity contribution in [1.29, 1.82) is 0 Å². The van der Waals surface area contributed by atoms with Crippen molar-refractivity contribution in [1.82, 2.24) is 4.57 Å². The van der Waals surface area contributed by atoms with Crippen LogP contribution in [-0.4, -0.2) is 17.1 Å². The van der Waals surface area contributed by atoms with Crippen molar-refractivity contribution < 1.29 is 9.53 Å². The van der Waals surface area contributed by atoms with Crippen LogP contribution in [0.15, 0.2) is 67.3 Å². The number of hydrogen-bond donors (Lipinski definition) is 1. The zero-order chi connectivity index (χ0) is 21.3. The summed E-state index contributed by atoms with van der Waals surface area (Å²) in [6, 6.07) is 10.9. The third-order valence-corrected chi connectivity index (χ3v) is 6.98. The number of ether oxygens (including phenoxy) is 1. The number of nitrogens with one attached hydrogen (secondary N) is 1. The van der Waals surface area contributed by atoms with E-state index in [0.29, 0.717) is 20.6 Å². The highest BCUT2D eigenvalue weighted by Gasteiger charge is 2.33. The maximum absolute atomic E-state index is 13.3. The number of benzene rings is 1. The van der Waals surface area contributed by atoms with Crippen molar-refractivity contribution in [2.45, 2.75) is 19.9 Å². The van der Waals surface area contributed by atoms with Crippen molar-refractivity contribution in [2.75, 3.05) is 11.9 Å². The number of halogens is 1. The van der Waals surface area contributed by atoms with Gasteiger partial charge in [0.2, 0.25) is 0 Å². The van der Waals surface area contributed by atoms with E-state index >= 15 is 0 Å². The minimum atomic E-state index is -0.546. The number of thiophene rings is 1. The minimum absolute atomic E-state index is 0.198. The fraction of sp³-hybridized carbons (Fsp3) is 0.190. The van der Waals surface area contributed by atoms with E-state index in [1.54, 1.807) is 24.6 Å². The number of carbonyl (C=O) groups is 1. The summed E-state index contributed by atoms with van der Waals surface area (Å²) < 4.78 is 8.34. The molecule has 3 aromatic rings. The number of nitrogens with zero attached hydrogens (tertiary/aromatic N) is 2. The number of allylic oxidation sites excluding steroid dienone is 1. The van der Waals surface area contributed by atoms with E-state index in [1.807, 2.05) is 41.8 Å². The van der Waals surface area contributed by atoms with Crippen LogP contribution in [0, 0.1) is 0 Å². The van der Waals surface area contributed by atoms with E-state index in [2.05, 4.69) is 26.2 Å². The second kappa shape index (κ2) is 8.71. The zero-order valence-corrected chi connectivity index (χ0v) is 19.4. The molecule has 3 heterocycles. The first-order valence-electron chi connectivity index (χ1n) is 9.23. The number of rotatable bonds is 5. The molecule has 1 N–H and O–H groups in total. The van der Waals surface area contributed by atoms with Gasteiger partial charge in [-0.2, -0.15) is 0 Å². The van der Waals surface area contributed by atoms with Crippen LogP contribution in [0.5, 0.6) is 0 Å². The average Bonchev–Trinajstić information content (AvgIpc) is 3.35. The van der Waals surface area contributed by atoms with E-state index in [9.17, 15) is 9.59 Å². The molecule has 1 aromatic carbocycles. The standard InChI is InChI=1S/C21H18BrN3O3S2/c1-3-28-20(27)17-12(2)24-21-25(18(17)15-5-4-10-29-15)19(26)16(30-21)11-23-14-8-6-13(22)7-9-14/h4-11,18,23H,3H2,1-2H3/b16-11-/t18-/m1/s1. The van der Waals surface area contributed by atoms with Gasteiger partial charge in [0.05, 0.1) is 17.9 Å². The summed E-state index contributed by atoms with van der Waals surface area (Å²) in [6.07, 6.45) is 1.68. The maximum atomic E-state index is 13.3. The number of carbonyl (C=O) groups excluding carboxylic acids is 1. The van der Waals surface area contributed by atoms with Crippen molar-refractivity contribution >= 4 is 56.5 Å². The topological polar surface area (TPSA) is 72.7 Å². The van der Waals surface area contributed by atoms with Crippen LogP contribution in [0.3, 0.4) is 0 Å². The summed E-state index contributed by atoms with van der Waals surface area (Å²) in [7, 11) is 0. The molecule has 30 heavy (non-hydrogen) atoms. The number of anilines is 1. The Morgan fingerprint density at radius 2 is 2.10 bits per heavy atom. The first kappa shape index (κ1) is 20.8. The molecule has 2 aromatic heterocycles. The summed E-state index contributed by atoms with van der Waals surface area (Å²) in [4.78, 5) is 32.0. The van der Waals surface area contributed by atoms with Gasteiger partial charge in [-0.15, -0.1) is 11.3 Å². The molecule has 0 spiro atoms. The number of fused-ring (bicyclic) bond motifs is 1. The second-order valence-corrected chi connectivity index (χ2v) is 9.37. The van der Waals surface area contributed by atoms with Crippen LogP contribution in [0.25, 0.3) is 6.20 Å². The lowest BCUT2D eigenvalue weighted by Crippen LogP contribution is -2.39. The fourth-order valence-corrected chi connectivity index (χ4v) is 5.26. The highest BCUT2D eigenvalue weighted by Crippen LogP contribution is 2.33. The Bertz CT molecular complexity index is 1290. The predicted molar refractivity (Wildman–Crippen MR) is 123 cm³/mol. The summed E-state index contributed by atoms with van der Waals surface area (Å²) in [5, 5.41) is 5.09. The Balaban J connectivity index is 1.83. The SMILES string of the molecule is CCOC(=O)C1=C(C)N=c2s/c(=C\Nc3ccc(Br)cc3)c(=O)n2[C@@H]1c1cccs1. The molecule has 154 valence electrons. The lowest BCUT2D eigenvalue weighted by molar-refractivity contribution is -0.139. The van der Waals surface area contributed by atoms with E-state index in [0.717, 1.165) is 15.0 Å². The van der Waals surface area contributed by atoms with Gasteiger partial charge in [0.15, 0.2) is 4.80 Å². The molecule has 4 rings (SSSR count). The van der Waals surface area contributed by atoms with Gasteiger partial charge < -0.3 is 10.1 Å². The smallest absolute Gasteiger partial charge is 0.338 e. The van der Waals surface area contributed by atoms with Gasteiger partial charge in [0.1, 0.15) is 10.6 Å². The number of esters is 1. The Hall–Kier alpha value is -2.49. The van der Waals surface area contributed by atoms with E-state index < -0.39 is 12.0 Å². The Morgan fingerprint density at radius 1 is 1.33 bits per heavy atom. The minimum Gasteiger partial charge on any atom is -0.463 e. The Labute approximate surface area is 189 Å². The highest BCUT2D eigenvalue weighted by atomic mass is 79.9. The Morgan fingerprint density at radius 3 is 2.77 bits per heavy atom. The lowest BCUT2D eigenvalue weighted by atomic mass is 10.0. The molecule has 0 saturated carbocycles. The molecule has 0 bridgehead atoms. The van der Waals surface area contributed by atoms with Gasteiger partial charge in [0, 0.05) is 21.2 Å².